The van der Waals surface area contributed by atoms with Gasteiger partial charge in [0.05, 0.1) is 5.69 Å². The summed E-state index contributed by atoms with van der Waals surface area (Å²) in [5, 5.41) is 0. The van der Waals surface area contributed by atoms with Crippen molar-refractivity contribution in [1.82, 2.24) is 0 Å². The molecule has 4 saturated carbocycles. The lowest BCUT2D eigenvalue weighted by molar-refractivity contribution is -0.0399. The van der Waals surface area contributed by atoms with Gasteiger partial charge in [-0.3, -0.25) is 0 Å². The molecule has 0 aromatic heterocycles. The molecule has 0 atom stereocenters. The maximum Gasteiger partial charge on any atom is 0.0543 e. The maximum absolute atomic E-state index is 2.58. The summed E-state index contributed by atoms with van der Waals surface area (Å²) in [6.07, 6.45) is 7.07. The zero-order valence-electron chi connectivity index (χ0n) is 29.1. The molecule has 6 aromatic rings. The summed E-state index contributed by atoms with van der Waals surface area (Å²) in [5.41, 5.74) is 18.0. The normalized spacial score (nSPS) is 25.6. The molecule has 0 saturated heterocycles. The van der Waals surface area contributed by atoms with Crippen LogP contribution in [0.3, 0.4) is 0 Å². The summed E-state index contributed by atoms with van der Waals surface area (Å²) in [6.45, 7) is 4.76. The standard InChI is InChI=1S/C49H43N/c1-48(2)42-15-8-6-13-39(42)41-30-38(23-24-43(41)48)50(37-21-19-34(20-22-37)33-11-4-3-5-12-33)46-18-10-17-45-47(46)40-14-7-9-16-44(40)49(45)35-26-31-25-32(28-35)29-36(49)27-31/h3-24,30-32,35-36H,25-29H2,1-2H3. The first-order valence-corrected chi connectivity index (χ1v) is 18.9. The van der Waals surface area contributed by atoms with E-state index < -0.39 is 0 Å². The molecule has 6 aliphatic carbocycles. The molecular weight excluding hydrogens is 603 g/mol. The third kappa shape index (κ3) is 3.79. The van der Waals surface area contributed by atoms with Crippen molar-refractivity contribution in [3.05, 3.63) is 162 Å². The molecule has 6 aliphatic rings. The molecule has 6 aromatic carbocycles. The van der Waals surface area contributed by atoms with Gasteiger partial charge in [0, 0.05) is 27.8 Å². The Kier molecular flexibility index (Phi) is 5.97. The van der Waals surface area contributed by atoms with Gasteiger partial charge in [0.2, 0.25) is 0 Å². The second kappa shape index (κ2) is 10.3. The second-order valence-electron chi connectivity index (χ2n) is 16.6. The van der Waals surface area contributed by atoms with E-state index in [2.05, 4.69) is 158 Å². The minimum absolute atomic E-state index is 0.0224. The SMILES string of the molecule is CC1(C)c2ccccc2-c2cc(N(c3ccc(-c4ccccc4)cc3)c3cccc4c3-c3ccccc3C43C4CC5CC(C4)CC3C5)ccc21. The van der Waals surface area contributed by atoms with Crippen molar-refractivity contribution < 1.29 is 0 Å². The van der Waals surface area contributed by atoms with E-state index >= 15 is 0 Å². The van der Waals surface area contributed by atoms with Gasteiger partial charge in [0.25, 0.3) is 0 Å². The van der Waals surface area contributed by atoms with Crippen LogP contribution in [-0.2, 0) is 10.8 Å². The number of nitrogens with zero attached hydrogens (tertiary/aromatic N) is 1. The predicted octanol–water partition coefficient (Wildman–Crippen LogP) is 12.9. The molecule has 0 N–H and O–H groups in total. The Morgan fingerprint density at radius 1 is 0.460 bits per heavy atom. The molecule has 12 rings (SSSR count). The highest BCUT2D eigenvalue weighted by Gasteiger charge is 2.61. The van der Waals surface area contributed by atoms with Crippen molar-refractivity contribution in [1.29, 1.82) is 0 Å². The fourth-order valence-corrected chi connectivity index (χ4v) is 12.1. The van der Waals surface area contributed by atoms with E-state index in [0.29, 0.717) is 0 Å². The molecule has 0 amide bonds. The fraction of sp³-hybridized carbons (Fsp3) is 0.265. The summed E-state index contributed by atoms with van der Waals surface area (Å²) in [7, 11) is 0. The van der Waals surface area contributed by atoms with Crippen LogP contribution >= 0.6 is 0 Å². The highest BCUT2D eigenvalue weighted by Crippen LogP contribution is 2.70. The Labute approximate surface area is 296 Å². The highest BCUT2D eigenvalue weighted by atomic mass is 15.1. The third-order valence-electron chi connectivity index (χ3n) is 13.9. The third-order valence-corrected chi connectivity index (χ3v) is 13.9. The molecule has 1 nitrogen and oxygen atoms in total. The summed E-state index contributed by atoms with van der Waals surface area (Å²) in [4.78, 5) is 2.58. The van der Waals surface area contributed by atoms with Crippen molar-refractivity contribution in [3.63, 3.8) is 0 Å². The number of benzene rings is 6. The van der Waals surface area contributed by atoms with Crippen molar-refractivity contribution in [2.75, 3.05) is 4.90 Å². The molecule has 0 radical (unpaired) electrons. The average Bonchev–Trinajstić information content (AvgIpc) is 3.57. The first kappa shape index (κ1) is 28.9. The average molecular weight is 646 g/mol. The summed E-state index contributed by atoms with van der Waals surface area (Å²) in [5.74, 6) is 3.35. The van der Waals surface area contributed by atoms with Crippen molar-refractivity contribution >= 4 is 17.1 Å². The minimum Gasteiger partial charge on any atom is -0.310 e. The lowest BCUT2D eigenvalue weighted by Gasteiger charge is -2.61. The van der Waals surface area contributed by atoms with Crippen molar-refractivity contribution in [3.8, 4) is 33.4 Å². The summed E-state index contributed by atoms with van der Waals surface area (Å²) in [6, 6.07) is 53.2. The number of fused-ring (bicyclic) bond motifs is 6. The van der Waals surface area contributed by atoms with Gasteiger partial charge >= 0.3 is 0 Å². The van der Waals surface area contributed by atoms with Gasteiger partial charge in [-0.05, 0) is 136 Å². The highest BCUT2D eigenvalue weighted by molar-refractivity contribution is 5.96. The Morgan fingerprint density at radius 2 is 1.04 bits per heavy atom. The zero-order chi connectivity index (χ0) is 33.2. The molecule has 0 aliphatic heterocycles. The van der Waals surface area contributed by atoms with E-state index in [0.717, 1.165) is 23.7 Å². The van der Waals surface area contributed by atoms with E-state index in [-0.39, 0.29) is 10.8 Å². The van der Waals surface area contributed by atoms with Gasteiger partial charge < -0.3 is 4.90 Å². The van der Waals surface area contributed by atoms with Gasteiger partial charge in [-0.25, -0.2) is 0 Å². The monoisotopic (exact) mass is 645 g/mol. The Morgan fingerprint density at radius 3 is 1.78 bits per heavy atom. The molecule has 0 unspecified atom stereocenters. The van der Waals surface area contributed by atoms with E-state index in [1.807, 2.05) is 0 Å². The van der Waals surface area contributed by atoms with E-state index in [1.54, 1.807) is 11.1 Å². The van der Waals surface area contributed by atoms with Gasteiger partial charge in [0.15, 0.2) is 0 Å². The molecule has 50 heavy (non-hydrogen) atoms. The first-order valence-electron chi connectivity index (χ1n) is 18.9. The first-order chi connectivity index (χ1) is 24.5. The largest absolute Gasteiger partial charge is 0.310 e. The van der Waals surface area contributed by atoms with Crippen LogP contribution in [0.1, 0.15) is 68.2 Å². The van der Waals surface area contributed by atoms with Gasteiger partial charge in [-0.1, -0.05) is 123 Å². The van der Waals surface area contributed by atoms with E-state index in [1.165, 1.54) is 93.7 Å². The van der Waals surface area contributed by atoms with Crippen LogP contribution in [0.4, 0.5) is 17.1 Å². The van der Waals surface area contributed by atoms with Gasteiger partial charge in [-0.15, -0.1) is 0 Å². The summed E-state index contributed by atoms with van der Waals surface area (Å²) < 4.78 is 0. The van der Waals surface area contributed by atoms with E-state index in [9.17, 15) is 0 Å². The minimum atomic E-state index is -0.0224. The quantitative estimate of drug-likeness (QED) is 0.184. The molecular formula is C49H43N. The van der Waals surface area contributed by atoms with Crippen LogP contribution < -0.4 is 4.90 Å². The number of hydrogen-bond donors (Lipinski definition) is 0. The van der Waals surface area contributed by atoms with Crippen molar-refractivity contribution in [2.24, 2.45) is 23.7 Å². The van der Waals surface area contributed by atoms with Crippen LogP contribution in [-0.4, -0.2) is 0 Å². The maximum atomic E-state index is 2.58. The van der Waals surface area contributed by atoms with E-state index in [4.69, 9.17) is 0 Å². The molecule has 244 valence electrons. The van der Waals surface area contributed by atoms with Crippen LogP contribution in [0, 0.1) is 23.7 Å². The molecule has 4 fully saturated rings. The number of hydrogen-bond acceptors (Lipinski definition) is 1. The Bertz CT molecular complexity index is 2280. The molecule has 1 heteroatoms. The van der Waals surface area contributed by atoms with Crippen LogP contribution in [0.5, 0.6) is 0 Å². The van der Waals surface area contributed by atoms with Crippen molar-refractivity contribution in [2.45, 2.75) is 56.8 Å². The molecule has 4 bridgehead atoms. The second-order valence-corrected chi connectivity index (χ2v) is 16.6. The predicted molar refractivity (Wildman–Crippen MR) is 207 cm³/mol. The lowest BCUT2D eigenvalue weighted by atomic mass is 9.43. The number of anilines is 3. The topological polar surface area (TPSA) is 3.24 Å². The Balaban J connectivity index is 1.14. The van der Waals surface area contributed by atoms with Crippen LogP contribution in [0.15, 0.2) is 140 Å². The number of rotatable bonds is 4. The lowest BCUT2D eigenvalue weighted by Crippen LogP contribution is -2.55. The summed E-state index contributed by atoms with van der Waals surface area (Å²) >= 11 is 0. The molecule has 0 heterocycles. The fourth-order valence-electron chi connectivity index (χ4n) is 12.1. The molecule has 1 spiro atoms. The van der Waals surface area contributed by atoms with Crippen LogP contribution in [0.25, 0.3) is 33.4 Å². The van der Waals surface area contributed by atoms with Gasteiger partial charge in [-0.2, -0.15) is 0 Å². The zero-order valence-corrected chi connectivity index (χ0v) is 29.1. The smallest absolute Gasteiger partial charge is 0.0543 e. The van der Waals surface area contributed by atoms with Gasteiger partial charge in [0.1, 0.15) is 0 Å². The Hall–Kier alpha value is -4.88. The van der Waals surface area contributed by atoms with Crippen LogP contribution in [0.2, 0.25) is 0 Å².